The number of halogens is 1. The molecule has 0 aliphatic rings. The molecule has 0 radical (unpaired) electrons. The van der Waals surface area contributed by atoms with Crippen LogP contribution in [-0.2, 0) is 6.54 Å². The van der Waals surface area contributed by atoms with Gasteiger partial charge in [0.25, 0.3) is 5.91 Å². The summed E-state index contributed by atoms with van der Waals surface area (Å²) in [7, 11) is 0. The van der Waals surface area contributed by atoms with Crippen molar-refractivity contribution in [3.8, 4) is 5.95 Å². The highest BCUT2D eigenvalue weighted by Crippen LogP contribution is 2.23. The highest BCUT2D eigenvalue weighted by Gasteiger charge is 2.19. The van der Waals surface area contributed by atoms with E-state index in [0.29, 0.717) is 16.4 Å². The number of aromatic nitrogens is 4. The third-order valence-electron chi connectivity index (χ3n) is 4.01. The van der Waals surface area contributed by atoms with Crippen LogP contribution in [0, 0.1) is 6.92 Å². The van der Waals surface area contributed by atoms with E-state index in [1.54, 1.807) is 22.9 Å². The SMILES string of the molecule is CCn1c(-n2nc(C)cc2NC(=O)c2ccc(Br)o2)nc2ccccc21. The Morgan fingerprint density at radius 3 is 2.81 bits per heavy atom. The molecule has 0 aliphatic carbocycles. The molecule has 0 saturated carbocycles. The number of fused-ring (bicyclic) bond motifs is 1. The van der Waals surface area contributed by atoms with Gasteiger partial charge in [0.1, 0.15) is 5.82 Å². The van der Waals surface area contributed by atoms with Crippen LogP contribution in [0.1, 0.15) is 23.2 Å². The molecule has 132 valence electrons. The molecule has 4 aromatic rings. The average molecular weight is 414 g/mol. The minimum Gasteiger partial charge on any atom is -0.444 e. The summed E-state index contributed by atoms with van der Waals surface area (Å²) in [6.45, 7) is 4.65. The zero-order valence-electron chi connectivity index (χ0n) is 14.2. The second-order valence-corrected chi connectivity index (χ2v) is 6.57. The molecular formula is C18H16BrN5O2. The van der Waals surface area contributed by atoms with E-state index >= 15 is 0 Å². The lowest BCUT2D eigenvalue weighted by Gasteiger charge is -2.09. The molecule has 3 aromatic heterocycles. The van der Waals surface area contributed by atoms with Crippen LogP contribution in [0.15, 0.2) is 51.6 Å². The van der Waals surface area contributed by atoms with Crippen molar-refractivity contribution in [1.29, 1.82) is 0 Å². The molecule has 0 spiro atoms. The Labute approximate surface area is 157 Å². The molecule has 0 fully saturated rings. The van der Waals surface area contributed by atoms with Crippen molar-refractivity contribution >= 4 is 38.7 Å². The van der Waals surface area contributed by atoms with Crippen molar-refractivity contribution in [1.82, 2.24) is 19.3 Å². The highest BCUT2D eigenvalue weighted by molar-refractivity contribution is 9.10. The van der Waals surface area contributed by atoms with Crippen LogP contribution in [0.2, 0.25) is 0 Å². The Bertz CT molecular complexity index is 1110. The van der Waals surface area contributed by atoms with Crippen molar-refractivity contribution in [2.45, 2.75) is 20.4 Å². The van der Waals surface area contributed by atoms with E-state index in [1.165, 1.54) is 0 Å². The number of aryl methyl sites for hydroxylation is 2. The summed E-state index contributed by atoms with van der Waals surface area (Å²) in [6.07, 6.45) is 0. The number of anilines is 1. The number of carbonyl (C=O) groups is 1. The van der Waals surface area contributed by atoms with E-state index in [0.717, 1.165) is 23.3 Å². The minimum absolute atomic E-state index is 0.214. The number of nitrogens with zero attached hydrogens (tertiary/aromatic N) is 4. The lowest BCUT2D eigenvalue weighted by Crippen LogP contribution is -2.16. The number of nitrogens with one attached hydrogen (secondary N) is 1. The number of benzene rings is 1. The van der Waals surface area contributed by atoms with Gasteiger partial charge in [-0.15, -0.1) is 0 Å². The van der Waals surface area contributed by atoms with Crippen molar-refractivity contribution in [2.75, 3.05) is 5.32 Å². The summed E-state index contributed by atoms with van der Waals surface area (Å²) in [5.41, 5.74) is 2.67. The van der Waals surface area contributed by atoms with Crippen LogP contribution in [0.5, 0.6) is 0 Å². The summed E-state index contributed by atoms with van der Waals surface area (Å²) in [5, 5.41) is 7.36. The third-order valence-corrected chi connectivity index (χ3v) is 4.44. The molecule has 4 rings (SSSR count). The van der Waals surface area contributed by atoms with Crippen LogP contribution in [0.25, 0.3) is 17.0 Å². The van der Waals surface area contributed by atoms with Gasteiger partial charge in [-0.1, -0.05) is 12.1 Å². The number of para-hydroxylation sites is 2. The van der Waals surface area contributed by atoms with Crippen LogP contribution in [0.4, 0.5) is 5.82 Å². The molecule has 0 bridgehead atoms. The monoisotopic (exact) mass is 413 g/mol. The number of hydrogen-bond donors (Lipinski definition) is 1. The van der Waals surface area contributed by atoms with Gasteiger partial charge in [-0.25, -0.2) is 4.98 Å². The highest BCUT2D eigenvalue weighted by atomic mass is 79.9. The molecule has 1 aromatic carbocycles. The predicted octanol–water partition coefficient (Wildman–Crippen LogP) is 4.16. The normalized spacial score (nSPS) is 11.2. The molecule has 8 heteroatoms. The molecule has 26 heavy (non-hydrogen) atoms. The molecule has 1 amide bonds. The summed E-state index contributed by atoms with van der Waals surface area (Å²) >= 11 is 3.20. The van der Waals surface area contributed by atoms with Crippen molar-refractivity contribution in [2.24, 2.45) is 0 Å². The van der Waals surface area contributed by atoms with Crippen LogP contribution in [-0.4, -0.2) is 25.2 Å². The van der Waals surface area contributed by atoms with Crippen molar-refractivity contribution in [3.63, 3.8) is 0 Å². The molecule has 0 atom stereocenters. The minimum atomic E-state index is -0.351. The van der Waals surface area contributed by atoms with Gasteiger partial charge in [0, 0.05) is 12.6 Å². The topological polar surface area (TPSA) is 77.9 Å². The van der Waals surface area contributed by atoms with E-state index in [4.69, 9.17) is 9.40 Å². The zero-order valence-corrected chi connectivity index (χ0v) is 15.8. The summed E-state index contributed by atoms with van der Waals surface area (Å²) in [5.74, 6) is 1.05. The Morgan fingerprint density at radius 2 is 2.08 bits per heavy atom. The van der Waals surface area contributed by atoms with Crippen molar-refractivity contribution in [3.05, 3.63) is 58.6 Å². The number of carbonyl (C=O) groups excluding carboxylic acids is 1. The molecule has 3 heterocycles. The maximum atomic E-state index is 12.5. The number of rotatable bonds is 4. The number of furan rings is 1. The first-order valence-electron chi connectivity index (χ1n) is 8.16. The third kappa shape index (κ3) is 2.82. The second-order valence-electron chi connectivity index (χ2n) is 5.79. The summed E-state index contributed by atoms with van der Waals surface area (Å²) < 4.78 is 9.52. The first-order valence-corrected chi connectivity index (χ1v) is 8.95. The van der Waals surface area contributed by atoms with E-state index in [1.807, 2.05) is 38.1 Å². The molecule has 0 saturated heterocycles. The Morgan fingerprint density at radius 1 is 1.27 bits per heavy atom. The van der Waals surface area contributed by atoms with Gasteiger partial charge in [0.15, 0.2) is 10.4 Å². The maximum Gasteiger partial charge on any atom is 0.292 e. The molecular weight excluding hydrogens is 398 g/mol. The number of imidazole rings is 1. The van der Waals surface area contributed by atoms with Gasteiger partial charge in [-0.2, -0.15) is 9.78 Å². The number of amides is 1. The maximum absolute atomic E-state index is 12.5. The van der Waals surface area contributed by atoms with Gasteiger partial charge in [0.05, 0.1) is 16.7 Å². The van der Waals surface area contributed by atoms with Crippen LogP contribution < -0.4 is 5.32 Å². The fraction of sp³-hybridized carbons (Fsp3) is 0.167. The van der Waals surface area contributed by atoms with Gasteiger partial charge >= 0.3 is 0 Å². The summed E-state index contributed by atoms with van der Waals surface area (Å²) in [6, 6.07) is 13.0. The van der Waals surface area contributed by atoms with Gasteiger partial charge < -0.3 is 14.3 Å². The quantitative estimate of drug-likeness (QED) is 0.544. The fourth-order valence-electron chi connectivity index (χ4n) is 2.89. The number of hydrogen-bond acceptors (Lipinski definition) is 4. The average Bonchev–Trinajstić information content (AvgIpc) is 3.31. The smallest absolute Gasteiger partial charge is 0.292 e. The van der Waals surface area contributed by atoms with E-state index in [-0.39, 0.29) is 11.7 Å². The lowest BCUT2D eigenvalue weighted by molar-refractivity contribution is 0.0994. The standard InChI is InChI=1S/C18H16BrN5O2/c1-3-23-13-7-5-4-6-12(13)20-18(23)24-16(10-11(2)22-24)21-17(25)14-8-9-15(19)26-14/h4-10H,3H2,1-2H3,(H,21,25). The Balaban J connectivity index is 1.78. The van der Waals surface area contributed by atoms with Crippen LogP contribution in [0.3, 0.4) is 0 Å². The predicted molar refractivity (Wildman–Crippen MR) is 102 cm³/mol. The molecule has 0 unspecified atom stereocenters. The van der Waals surface area contributed by atoms with Crippen LogP contribution >= 0.6 is 15.9 Å². The zero-order chi connectivity index (χ0) is 18.3. The van der Waals surface area contributed by atoms with Gasteiger partial charge in [0.2, 0.25) is 5.95 Å². The van der Waals surface area contributed by atoms with Crippen molar-refractivity contribution < 1.29 is 9.21 Å². The first-order chi connectivity index (χ1) is 12.6. The largest absolute Gasteiger partial charge is 0.444 e. The van der Waals surface area contributed by atoms with Gasteiger partial charge in [-0.3, -0.25) is 4.79 Å². The molecule has 7 nitrogen and oxygen atoms in total. The fourth-order valence-corrected chi connectivity index (χ4v) is 3.20. The van der Waals surface area contributed by atoms with E-state index in [2.05, 4.69) is 30.9 Å². The molecule has 0 aliphatic heterocycles. The Kier molecular flexibility index (Phi) is 4.12. The van der Waals surface area contributed by atoms with Gasteiger partial charge in [-0.05, 0) is 54.0 Å². The Hall–Kier alpha value is -2.87. The summed E-state index contributed by atoms with van der Waals surface area (Å²) in [4.78, 5) is 17.1. The second kappa shape index (κ2) is 6.45. The van der Waals surface area contributed by atoms with E-state index < -0.39 is 0 Å². The van der Waals surface area contributed by atoms with E-state index in [9.17, 15) is 4.79 Å². The first kappa shape index (κ1) is 16.6. The molecule has 1 N–H and O–H groups in total. The lowest BCUT2D eigenvalue weighted by atomic mass is 10.3.